The maximum absolute atomic E-state index is 12.2. The molecule has 28 heavy (non-hydrogen) atoms. The number of nitrogens with zero attached hydrogens (tertiary/aromatic N) is 2. The lowest BCUT2D eigenvalue weighted by molar-refractivity contribution is -0.146. The van der Waals surface area contributed by atoms with E-state index in [1.54, 1.807) is 7.11 Å². The van der Waals surface area contributed by atoms with Crippen LogP contribution in [0.4, 0.5) is 0 Å². The number of carboxylic acids is 1. The van der Waals surface area contributed by atoms with Crippen molar-refractivity contribution < 1.29 is 19.4 Å². The Bertz CT molecular complexity index is 722. The molecular formula is C21H28N2O5. The van der Waals surface area contributed by atoms with E-state index < -0.39 is 17.9 Å². The van der Waals surface area contributed by atoms with Crippen molar-refractivity contribution in [2.24, 2.45) is 11.1 Å². The van der Waals surface area contributed by atoms with E-state index in [0.29, 0.717) is 19.0 Å². The quantitative estimate of drug-likeness (QED) is 0.571. The van der Waals surface area contributed by atoms with Crippen LogP contribution in [0.1, 0.15) is 55.6 Å². The third-order valence-electron chi connectivity index (χ3n) is 6.14. The molecule has 1 aliphatic carbocycles. The number of nitroso groups, excluding NO2 is 1. The Morgan fingerprint density at radius 2 is 1.89 bits per heavy atom. The first kappa shape index (κ1) is 20.3. The van der Waals surface area contributed by atoms with E-state index in [1.165, 1.54) is 41.7 Å². The van der Waals surface area contributed by atoms with Crippen molar-refractivity contribution in [3.63, 3.8) is 0 Å². The van der Waals surface area contributed by atoms with E-state index >= 15 is 0 Å². The Kier molecular flexibility index (Phi) is 6.65. The summed E-state index contributed by atoms with van der Waals surface area (Å²) in [6.07, 6.45) is 7.71. The molecule has 1 saturated heterocycles. The molecule has 2 aliphatic rings. The number of ether oxygens (including phenoxy) is 1. The fourth-order valence-corrected chi connectivity index (χ4v) is 4.54. The number of carbonyl (C=O) groups excluding carboxylic acids is 1. The van der Waals surface area contributed by atoms with E-state index in [-0.39, 0.29) is 0 Å². The van der Waals surface area contributed by atoms with Gasteiger partial charge in [-0.15, -0.1) is 4.91 Å². The summed E-state index contributed by atoms with van der Waals surface area (Å²) in [6, 6.07) is 4.53. The highest BCUT2D eigenvalue weighted by molar-refractivity contribution is 6.01. The maximum Gasteiger partial charge on any atom is 0.342 e. The molecule has 0 radical (unpaired) electrons. The van der Waals surface area contributed by atoms with Crippen molar-refractivity contribution in [3.8, 4) is 5.75 Å². The Hall–Kier alpha value is -2.44. The molecule has 1 amide bonds. The van der Waals surface area contributed by atoms with Crippen LogP contribution in [-0.4, -0.2) is 48.1 Å². The first-order valence-electron chi connectivity index (χ1n) is 10.0. The number of amides is 1. The van der Waals surface area contributed by atoms with Crippen LogP contribution in [-0.2, 0) is 16.0 Å². The minimum absolute atomic E-state index is 0.310. The second-order valence-corrected chi connectivity index (χ2v) is 7.87. The predicted octanol–water partition coefficient (Wildman–Crippen LogP) is 3.35. The van der Waals surface area contributed by atoms with Crippen molar-refractivity contribution in [2.45, 2.75) is 56.9 Å². The zero-order valence-electron chi connectivity index (χ0n) is 16.3. The van der Waals surface area contributed by atoms with Crippen molar-refractivity contribution in [1.29, 1.82) is 0 Å². The number of carbonyl (C=O) groups is 2. The van der Waals surface area contributed by atoms with Crippen molar-refractivity contribution >= 4 is 11.9 Å². The minimum atomic E-state index is -1.84. The summed E-state index contributed by atoms with van der Waals surface area (Å²) in [7, 11) is 1.71. The van der Waals surface area contributed by atoms with Crippen LogP contribution in [0, 0.1) is 10.8 Å². The lowest BCUT2D eigenvalue weighted by Crippen LogP contribution is -2.45. The number of hydrogen-bond donors (Lipinski definition) is 1. The molecule has 1 aromatic rings. The summed E-state index contributed by atoms with van der Waals surface area (Å²) < 4.78 is 5.56. The molecule has 1 saturated carbocycles. The highest BCUT2D eigenvalue weighted by Crippen LogP contribution is 2.35. The Labute approximate surface area is 165 Å². The van der Waals surface area contributed by atoms with E-state index in [4.69, 9.17) is 9.84 Å². The number of hydrogen-bond acceptors (Lipinski definition) is 5. The van der Waals surface area contributed by atoms with Gasteiger partial charge in [-0.05, 0) is 53.5 Å². The molecule has 152 valence electrons. The van der Waals surface area contributed by atoms with E-state index in [2.05, 4.69) is 17.3 Å². The van der Waals surface area contributed by atoms with E-state index in [0.717, 1.165) is 30.9 Å². The van der Waals surface area contributed by atoms with Crippen LogP contribution in [0.25, 0.3) is 0 Å². The topological polar surface area (TPSA) is 96.3 Å². The first-order chi connectivity index (χ1) is 13.5. The average Bonchev–Trinajstić information content (AvgIpc) is 3.21. The molecule has 0 bridgehead atoms. The third-order valence-corrected chi connectivity index (χ3v) is 6.14. The number of aliphatic carboxylic acids is 1. The SMILES string of the molecule is COc1ccc(C2CCN(C(=O)C(N=O)C(=O)O)CC2)cc1CC1CCCC1. The van der Waals surface area contributed by atoms with Gasteiger partial charge in [0.1, 0.15) is 5.75 Å². The normalized spacial score (nSPS) is 19.4. The molecule has 3 rings (SSSR count). The Morgan fingerprint density at radius 3 is 2.46 bits per heavy atom. The number of carboxylic acid groups (broad SMARTS) is 1. The van der Waals surface area contributed by atoms with Gasteiger partial charge in [0.2, 0.25) is 0 Å². The fourth-order valence-electron chi connectivity index (χ4n) is 4.54. The monoisotopic (exact) mass is 388 g/mol. The molecule has 2 fully saturated rings. The lowest BCUT2D eigenvalue weighted by Gasteiger charge is -2.33. The Balaban J connectivity index is 1.65. The van der Waals surface area contributed by atoms with Crippen LogP contribution in [0.2, 0.25) is 0 Å². The maximum atomic E-state index is 12.2. The zero-order valence-corrected chi connectivity index (χ0v) is 16.3. The second kappa shape index (κ2) is 9.17. The predicted molar refractivity (Wildman–Crippen MR) is 104 cm³/mol. The molecule has 7 nitrogen and oxygen atoms in total. The number of methoxy groups -OCH3 is 1. The van der Waals surface area contributed by atoms with Crippen LogP contribution in [0.15, 0.2) is 23.4 Å². The molecule has 0 spiro atoms. The minimum Gasteiger partial charge on any atom is -0.496 e. The first-order valence-corrected chi connectivity index (χ1v) is 10.0. The highest BCUT2D eigenvalue weighted by atomic mass is 16.5. The van der Waals surface area contributed by atoms with Crippen LogP contribution >= 0.6 is 0 Å². The molecule has 1 atom stereocenters. The van der Waals surface area contributed by atoms with Gasteiger partial charge in [-0.2, -0.15) is 0 Å². The highest BCUT2D eigenvalue weighted by Gasteiger charge is 2.34. The number of piperidine rings is 1. The summed E-state index contributed by atoms with van der Waals surface area (Å²) in [5.41, 5.74) is 2.49. The van der Waals surface area contributed by atoms with Crippen molar-refractivity contribution in [2.75, 3.05) is 20.2 Å². The molecule has 1 N–H and O–H groups in total. The molecule has 1 heterocycles. The van der Waals surface area contributed by atoms with E-state index in [9.17, 15) is 14.5 Å². The Morgan fingerprint density at radius 1 is 1.21 bits per heavy atom. The third kappa shape index (κ3) is 4.51. The lowest BCUT2D eigenvalue weighted by atomic mass is 9.86. The van der Waals surface area contributed by atoms with Gasteiger partial charge < -0.3 is 14.7 Å². The van der Waals surface area contributed by atoms with Gasteiger partial charge >= 0.3 is 5.97 Å². The molecule has 7 heteroatoms. The number of rotatable bonds is 7. The molecule has 1 aliphatic heterocycles. The van der Waals surface area contributed by atoms with Gasteiger partial charge in [0.25, 0.3) is 11.9 Å². The second-order valence-electron chi connectivity index (χ2n) is 7.87. The van der Waals surface area contributed by atoms with Gasteiger partial charge in [0.15, 0.2) is 0 Å². The standard InChI is InChI=1S/C21H28N2O5/c1-28-18-7-6-16(13-17(18)12-14-4-2-3-5-14)15-8-10-23(11-9-15)20(24)19(22-27)21(25)26/h6-7,13-15,19H,2-5,8-12H2,1H3,(H,25,26). The largest absolute Gasteiger partial charge is 0.496 e. The van der Waals surface area contributed by atoms with Crippen LogP contribution in [0.5, 0.6) is 5.75 Å². The number of likely N-dealkylation sites (tertiary alicyclic amines) is 1. The van der Waals surface area contributed by atoms with Gasteiger partial charge in [0, 0.05) is 13.1 Å². The number of benzene rings is 1. The summed E-state index contributed by atoms with van der Waals surface area (Å²) in [4.78, 5) is 35.3. The van der Waals surface area contributed by atoms with Crippen LogP contribution < -0.4 is 4.74 Å². The van der Waals surface area contributed by atoms with Crippen molar-refractivity contribution in [1.82, 2.24) is 4.90 Å². The fraction of sp³-hybridized carbons (Fsp3) is 0.619. The molecule has 0 aromatic heterocycles. The molecular weight excluding hydrogens is 360 g/mol. The average molecular weight is 388 g/mol. The summed E-state index contributed by atoms with van der Waals surface area (Å²) in [5, 5.41) is 11.4. The molecule has 1 aromatic carbocycles. The summed E-state index contributed by atoms with van der Waals surface area (Å²) in [5.74, 6) is -0.228. The van der Waals surface area contributed by atoms with Gasteiger partial charge in [0.05, 0.1) is 7.11 Å². The van der Waals surface area contributed by atoms with Gasteiger partial charge in [-0.3, -0.25) is 4.79 Å². The smallest absolute Gasteiger partial charge is 0.342 e. The zero-order chi connectivity index (χ0) is 20.1. The van der Waals surface area contributed by atoms with Crippen molar-refractivity contribution in [3.05, 3.63) is 34.2 Å². The molecule has 1 unspecified atom stereocenters. The van der Waals surface area contributed by atoms with Gasteiger partial charge in [-0.1, -0.05) is 37.8 Å². The summed E-state index contributed by atoms with van der Waals surface area (Å²) in [6.45, 7) is 0.875. The van der Waals surface area contributed by atoms with E-state index in [1.807, 2.05) is 6.07 Å². The van der Waals surface area contributed by atoms with Crippen LogP contribution in [0.3, 0.4) is 0 Å². The van der Waals surface area contributed by atoms with Gasteiger partial charge in [-0.25, -0.2) is 4.79 Å². The summed E-state index contributed by atoms with van der Waals surface area (Å²) >= 11 is 0.